The summed E-state index contributed by atoms with van der Waals surface area (Å²) < 4.78 is 2.04. The van der Waals surface area contributed by atoms with Crippen molar-refractivity contribution in [3.05, 3.63) is 48.3 Å². The van der Waals surface area contributed by atoms with Crippen LogP contribution in [0.2, 0.25) is 0 Å². The van der Waals surface area contributed by atoms with Crippen molar-refractivity contribution in [2.45, 2.75) is 19.5 Å². The largest absolute Gasteiger partial charge is 0.378 e. The highest BCUT2D eigenvalue weighted by atomic mass is 15.3. The zero-order valence-electron chi connectivity index (χ0n) is 12.2. The Hall–Kier alpha value is -2.76. The topological polar surface area (TPSA) is 70.6 Å². The number of anilines is 2. The fourth-order valence-electron chi connectivity index (χ4n) is 2.80. The Bertz CT molecular complexity index is 758. The first-order valence-electron chi connectivity index (χ1n) is 7.53. The van der Waals surface area contributed by atoms with E-state index in [4.69, 9.17) is 0 Å². The van der Waals surface area contributed by atoms with Crippen molar-refractivity contribution in [1.29, 1.82) is 0 Å². The number of nitrogens with one attached hydrogen (secondary N) is 3. The Kier molecular flexibility index (Phi) is 3.27. The fourth-order valence-corrected chi connectivity index (χ4v) is 2.80. The second-order valence-electron chi connectivity index (χ2n) is 5.40. The van der Waals surface area contributed by atoms with Crippen molar-refractivity contribution >= 4 is 11.5 Å². The van der Waals surface area contributed by atoms with E-state index in [1.54, 1.807) is 0 Å². The molecule has 3 aromatic rings. The minimum Gasteiger partial charge on any atom is -0.378 e. The highest BCUT2D eigenvalue weighted by molar-refractivity contribution is 5.73. The van der Waals surface area contributed by atoms with Gasteiger partial charge < -0.3 is 10.6 Å². The molecule has 0 bridgehead atoms. The third kappa shape index (κ3) is 2.32. The van der Waals surface area contributed by atoms with E-state index in [9.17, 15) is 0 Å². The third-order valence-corrected chi connectivity index (χ3v) is 3.93. The van der Waals surface area contributed by atoms with E-state index >= 15 is 0 Å². The summed E-state index contributed by atoms with van der Waals surface area (Å²) in [5.74, 6) is 1.13. The number of hydrogen-bond acceptors (Lipinski definition) is 4. The van der Waals surface area contributed by atoms with E-state index in [1.807, 2.05) is 35.3 Å². The second kappa shape index (κ2) is 5.55. The highest BCUT2D eigenvalue weighted by Crippen LogP contribution is 2.26. The number of hydrogen-bond donors (Lipinski definition) is 3. The quantitative estimate of drug-likeness (QED) is 0.692. The van der Waals surface area contributed by atoms with E-state index < -0.39 is 0 Å². The molecule has 0 atom stereocenters. The number of nitrogens with zero attached hydrogens (tertiary/aromatic N) is 3. The van der Waals surface area contributed by atoms with Crippen LogP contribution in [-0.2, 0) is 13.1 Å². The average Bonchev–Trinajstić information content (AvgIpc) is 3.20. The Labute approximate surface area is 128 Å². The third-order valence-electron chi connectivity index (χ3n) is 3.93. The van der Waals surface area contributed by atoms with Gasteiger partial charge in [0.05, 0.1) is 23.8 Å². The number of H-pyrrole nitrogens is 1. The summed E-state index contributed by atoms with van der Waals surface area (Å²) in [5, 5.41) is 18.5. The van der Waals surface area contributed by atoms with Gasteiger partial charge >= 0.3 is 0 Å². The van der Waals surface area contributed by atoms with E-state index in [0.717, 1.165) is 48.8 Å². The Morgan fingerprint density at radius 2 is 2.09 bits per heavy atom. The molecule has 0 saturated carbocycles. The molecule has 2 aromatic heterocycles. The molecule has 3 heterocycles. The van der Waals surface area contributed by atoms with Crippen LogP contribution in [0.5, 0.6) is 0 Å². The monoisotopic (exact) mass is 294 g/mol. The van der Waals surface area contributed by atoms with Gasteiger partial charge in [0.2, 0.25) is 0 Å². The molecule has 0 aliphatic carbocycles. The number of aryl methyl sites for hydroxylation is 1. The van der Waals surface area contributed by atoms with Crippen molar-refractivity contribution in [3.8, 4) is 11.3 Å². The van der Waals surface area contributed by atoms with Crippen LogP contribution in [0.4, 0.5) is 11.5 Å². The van der Waals surface area contributed by atoms with Crippen molar-refractivity contribution in [2.24, 2.45) is 0 Å². The van der Waals surface area contributed by atoms with Crippen molar-refractivity contribution in [3.63, 3.8) is 0 Å². The van der Waals surface area contributed by atoms with Gasteiger partial charge in [0.1, 0.15) is 5.82 Å². The summed E-state index contributed by atoms with van der Waals surface area (Å²) in [7, 11) is 0. The SMILES string of the molecule is c1ccc(-c2[nH]ncc2NCc2cnn3c2NCCC3)cc1. The molecule has 6 heteroatoms. The first-order valence-corrected chi connectivity index (χ1v) is 7.53. The van der Waals surface area contributed by atoms with Gasteiger partial charge in [-0.15, -0.1) is 0 Å². The molecule has 1 aliphatic rings. The molecule has 0 saturated heterocycles. The van der Waals surface area contributed by atoms with Gasteiger partial charge in [-0.05, 0) is 6.42 Å². The van der Waals surface area contributed by atoms with Gasteiger partial charge in [-0.3, -0.25) is 5.10 Å². The number of aromatic nitrogens is 4. The molecule has 0 amide bonds. The number of fused-ring (bicyclic) bond motifs is 1. The molecule has 0 fully saturated rings. The van der Waals surface area contributed by atoms with E-state index in [1.165, 1.54) is 5.56 Å². The maximum absolute atomic E-state index is 4.43. The van der Waals surface area contributed by atoms with Gasteiger partial charge in [0, 0.05) is 30.8 Å². The number of aromatic amines is 1. The van der Waals surface area contributed by atoms with Crippen LogP contribution >= 0.6 is 0 Å². The van der Waals surface area contributed by atoms with E-state index in [0.29, 0.717) is 0 Å². The van der Waals surface area contributed by atoms with Crippen LogP contribution in [-0.4, -0.2) is 26.5 Å². The normalized spacial score (nSPS) is 13.5. The Morgan fingerprint density at radius 3 is 3.00 bits per heavy atom. The summed E-state index contributed by atoms with van der Waals surface area (Å²) in [6.07, 6.45) is 4.89. The standard InChI is InChI=1S/C16H18N6/c1-2-5-12(6-3-1)15-14(11-19-21-15)18-9-13-10-20-22-8-4-7-17-16(13)22/h1-3,5-6,10-11,17-18H,4,7-9H2,(H,19,21). The molecule has 3 N–H and O–H groups in total. The Balaban J connectivity index is 1.53. The van der Waals surface area contributed by atoms with Crippen LogP contribution in [0.3, 0.4) is 0 Å². The second-order valence-corrected chi connectivity index (χ2v) is 5.40. The molecular formula is C16H18N6. The number of benzene rings is 1. The van der Waals surface area contributed by atoms with Crippen LogP contribution in [0.15, 0.2) is 42.7 Å². The van der Waals surface area contributed by atoms with Gasteiger partial charge in [-0.2, -0.15) is 10.2 Å². The minimum atomic E-state index is 0.724. The molecule has 22 heavy (non-hydrogen) atoms. The summed E-state index contributed by atoms with van der Waals surface area (Å²) in [6.45, 7) is 2.73. The van der Waals surface area contributed by atoms with Crippen LogP contribution < -0.4 is 10.6 Å². The molecule has 6 nitrogen and oxygen atoms in total. The molecule has 1 aliphatic heterocycles. The minimum absolute atomic E-state index is 0.724. The molecule has 1 aromatic carbocycles. The maximum Gasteiger partial charge on any atom is 0.129 e. The maximum atomic E-state index is 4.43. The first-order chi connectivity index (χ1) is 10.9. The lowest BCUT2D eigenvalue weighted by atomic mass is 10.1. The van der Waals surface area contributed by atoms with Crippen LogP contribution in [0.25, 0.3) is 11.3 Å². The number of rotatable bonds is 4. The van der Waals surface area contributed by atoms with Crippen LogP contribution in [0, 0.1) is 0 Å². The lowest BCUT2D eigenvalue weighted by Crippen LogP contribution is -2.18. The predicted molar refractivity (Wildman–Crippen MR) is 86.7 cm³/mol. The Morgan fingerprint density at radius 1 is 1.18 bits per heavy atom. The lowest BCUT2D eigenvalue weighted by molar-refractivity contribution is 0.567. The molecule has 0 spiro atoms. The van der Waals surface area contributed by atoms with Gasteiger partial charge in [-0.25, -0.2) is 4.68 Å². The first kappa shape index (κ1) is 12.9. The zero-order valence-corrected chi connectivity index (χ0v) is 12.2. The van der Waals surface area contributed by atoms with Crippen molar-refractivity contribution < 1.29 is 0 Å². The molecule has 0 radical (unpaired) electrons. The summed E-state index contributed by atoms with van der Waals surface area (Å²) in [5.41, 5.74) is 4.31. The van der Waals surface area contributed by atoms with Crippen molar-refractivity contribution in [1.82, 2.24) is 20.0 Å². The zero-order chi connectivity index (χ0) is 14.8. The van der Waals surface area contributed by atoms with E-state index in [-0.39, 0.29) is 0 Å². The highest BCUT2D eigenvalue weighted by Gasteiger charge is 2.14. The van der Waals surface area contributed by atoms with Crippen LogP contribution in [0.1, 0.15) is 12.0 Å². The van der Waals surface area contributed by atoms with Crippen molar-refractivity contribution in [2.75, 3.05) is 17.2 Å². The smallest absolute Gasteiger partial charge is 0.129 e. The molecular weight excluding hydrogens is 276 g/mol. The molecule has 0 unspecified atom stereocenters. The summed E-state index contributed by atoms with van der Waals surface area (Å²) in [4.78, 5) is 0. The average molecular weight is 294 g/mol. The predicted octanol–water partition coefficient (Wildman–Crippen LogP) is 2.70. The van der Waals surface area contributed by atoms with Gasteiger partial charge in [0.15, 0.2) is 0 Å². The fraction of sp³-hybridized carbons (Fsp3) is 0.250. The van der Waals surface area contributed by atoms with E-state index in [2.05, 4.69) is 38.1 Å². The molecule has 112 valence electrons. The van der Waals surface area contributed by atoms with Gasteiger partial charge in [-0.1, -0.05) is 30.3 Å². The summed E-state index contributed by atoms with van der Waals surface area (Å²) >= 11 is 0. The molecule has 4 rings (SSSR count). The lowest BCUT2D eigenvalue weighted by Gasteiger charge is -2.17. The van der Waals surface area contributed by atoms with Gasteiger partial charge in [0.25, 0.3) is 0 Å². The summed E-state index contributed by atoms with van der Waals surface area (Å²) in [6, 6.07) is 10.2.